The van der Waals surface area contributed by atoms with E-state index in [9.17, 15) is 19.5 Å². The largest absolute Gasteiger partial charge is 0.493 e. The monoisotopic (exact) mass is 401 g/mol. The number of azo groups is 1. The Morgan fingerprint density at radius 3 is 2.47 bits per heavy atom. The van der Waals surface area contributed by atoms with Gasteiger partial charge in [0.15, 0.2) is 11.3 Å². The number of benzene rings is 2. The van der Waals surface area contributed by atoms with Gasteiger partial charge in [0.1, 0.15) is 16.5 Å². The maximum Gasteiger partial charge on any atom is 0.349 e. The Morgan fingerprint density at radius 1 is 0.900 bits per heavy atom. The summed E-state index contributed by atoms with van der Waals surface area (Å²) in [7, 11) is 0. The molecular weight excluding hydrogens is 390 g/mol. The number of nitrogens with zero attached hydrogens (tertiary/aromatic N) is 2. The van der Waals surface area contributed by atoms with E-state index in [-0.39, 0.29) is 28.1 Å². The molecule has 146 valence electrons. The van der Waals surface area contributed by atoms with Crippen molar-refractivity contribution in [3.05, 3.63) is 81.0 Å². The van der Waals surface area contributed by atoms with Crippen LogP contribution in [-0.4, -0.2) is 16.0 Å². The smallest absolute Gasteiger partial charge is 0.349 e. The fourth-order valence-corrected chi connectivity index (χ4v) is 3.23. The molecule has 0 bridgehead atoms. The van der Waals surface area contributed by atoms with Crippen LogP contribution in [0, 0.1) is 0 Å². The Balaban J connectivity index is 1.62. The first-order valence-corrected chi connectivity index (χ1v) is 8.78. The van der Waals surface area contributed by atoms with Crippen LogP contribution in [-0.2, 0) is 0 Å². The minimum atomic E-state index is -1.03. The minimum Gasteiger partial charge on any atom is -0.493 e. The maximum atomic E-state index is 12.5. The first kappa shape index (κ1) is 17.6. The molecule has 0 fully saturated rings. The average Bonchev–Trinajstić information content (AvgIpc) is 3.06. The molecule has 3 aromatic heterocycles. The molecule has 9 nitrogen and oxygen atoms in total. The van der Waals surface area contributed by atoms with Crippen LogP contribution in [0.1, 0.15) is 10.4 Å². The Labute approximate surface area is 165 Å². The number of aromatic amines is 1. The van der Waals surface area contributed by atoms with Crippen LogP contribution in [0.25, 0.3) is 32.8 Å². The molecule has 5 rings (SSSR count). The lowest BCUT2D eigenvalue weighted by atomic mass is 10.1. The topological polar surface area (TPSA) is 138 Å². The molecule has 30 heavy (non-hydrogen) atoms. The number of hydrogen-bond donors (Lipinski definition) is 2. The van der Waals surface area contributed by atoms with Gasteiger partial charge in [-0.15, -0.1) is 10.2 Å². The third-order valence-corrected chi connectivity index (χ3v) is 4.63. The molecule has 0 radical (unpaired) electrons. The van der Waals surface area contributed by atoms with Crippen LogP contribution in [0.15, 0.2) is 83.2 Å². The molecule has 0 aliphatic heterocycles. The lowest BCUT2D eigenvalue weighted by Gasteiger charge is -2.01. The SMILES string of the molecule is O=C(N=Nc1c(O)[nH]c2ccccc12)c1cc2c(=O)oc3ccccc3c2oc1=O. The van der Waals surface area contributed by atoms with Crippen molar-refractivity contribution in [2.45, 2.75) is 0 Å². The summed E-state index contributed by atoms with van der Waals surface area (Å²) >= 11 is 0. The van der Waals surface area contributed by atoms with Crippen molar-refractivity contribution in [1.29, 1.82) is 0 Å². The van der Waals surface area contributed by atoms with Crippen LogP contribution >= 0.6 is 0 Å². The predicted molar refractivity (Wildman–Crippen MR) is 107 cm³/mol. The predicted octanol–water partition coefficient (Wildman–Crippen LogP) is 4.01. The van der Waals surface area contributed by atoms with Gasteiger partial charge in [-0.05, 0) is 24.3 Å². The van der Waals surface area contributed by atoms with E-state index >= 15 is 0 Å². The zero-order valence-corrected chi connectivity index (χ0v) is 15.1. The normalized spacial score (nSPS) is 11.7. The molecule has 0 aliphatic rings. The number of aromatic hydroxyl groups is 1. The summed E-state index contributed by atoms with van der Waals surface area (Å²) < 4.78 is 10.5. The van der Waals surface area contributed by atoms with Gasteiger partial charge >= 0.3 is 17.2 Å². The van der Waals surface area contributed by atoms with Gasteiger partial charge < -0.3 is 18.9 Å². The summed E-state index contributed by atoms with van der Waals surface area (Å²) in [5.74, 6) is -1.30. The molecular formula is C21H11N3O6. The second-order valence-corrected chi connectivity index (χ2v) is 6.45. The van der Waals surface area contributed by atoms with Gasteiger partial charge in [0.2, 0.25) is 5.88 Å². The molecule has 3 heterocycles. The molecule has 1 amide bonds. The highest BCUT2D eigenvalue weighted by Gasteiger charge is 2.18. The lowest BCUT2D eigenvalue weighted by molar-refractivity contribution is 0.0991. The van der Waals surface area contributed by atoms with Crippen molar-refractivity contribution < 1.29 is 18.7 Å². The number of nitrogens with one attached hydrogen (secondary N) is 1. The van der Waals surface area contributed by atoms with Gasteiger partial charge in [0, 0.05) is 5.39 Å². The fraction of sp³-hybridized carbons (Fsp3) is 0. The van der Waals surface area contributed by atoms with E-state index in [1.54, 1.807) is 48.5 Å². The molecule has 0 aliphatic carbocycles. The van der Waals surface area contributed by atoms with Crippen LogP contribution in [0.4, 0.5) is 5.69 Å². The molecule has 0 saturated heterocycles. The van der Waals surface area contributed by atoms with Crippen molar-refractivity contribution in [1.82, 2.24) is 4.98 Å². The van der Waals surface area contributed by atoms with Crippen molar-refractivity contribution in [3.8, 4) is 5.88 Å². The fourth-order valence-electron chi connectivity index (χ4n) is 3.23. The van der Waals surface area contributed by atoms with Gasteiger partial charge in [-0.25, -0.2) is 9.59 Å². The molecule has 2 aromatic carbocycles. The van der Waals surface area contributed by atoms with E-state index in [1.165, 1.54) is 0 Å². The van der Waals surface area contributed by atoms with Gasteiger partial charge in [0.25, 0.3) is 0 Å². The summed E-state index contributed by atoms with van der Waals surface area (Å²) in [6.45, 7) is 0. The second-order valence-electron chi connectivity index (χ2n) is 6.45. The first-order chi connectivity index (χ1) is 14.5. The van der Waals surface area contributed by atoms with Crippen LogP contribution in [0.3, 0.4) is 0 Å². The van der Waals surface area contributed by atoms with E-state index in [0.29, 0.717) is 16.3 Å². The summed E-state index contributed by atoms with van der Waals surface area (Å²) in [5.41, 5.74) is -1.27. The summed E-state index contributed by atoms with van der Waals surface area (Å²) in [6.07, 6.45) is 0. The summed E-state index contributed by atoms with van der Waals surface area (Å²) in [6, 6.07) is 14.5. The lowest BCUT2D eigenvalue weighted by Crippen LogP contribution is -2.14. The quantitative estimate of drug-likeness (QED) is 0.260. The number of rotatable bonds is 2. The second kappa shape index (κ2) is 6.52. The Hall–Kier alpha value is -4.53. The molecule has 0 unspecified atom stereocenters. The summed E-state index contributed by atoms with van der Waals surface area (Å²) in [5, 5.41) is 18.2. The van der Waals surface area contributed by atoms with Crippen molar-refractivity contribution in [3.63, 3.8) is 0 Å². The van der Waals surface area contributed by atoms with Crippen LogP contribution < -0.4 is 11.3 Å². The number of aromatic nitrogens is 1. The third kappa shape index (κ3) is 2.68. The van der Waals surface area contributed by atoms with Crippen molar-refractivity contribution in [2.24, 2.45) is 10.2 Å². The number of amides is 1. The molecule has 0 saturated carbocycles. The maximum absolute atomic E-state index is 12.5. The van der Waals surface area contributed by atoms with Gasteiger partial charge in [-0.1, -0.05) is 30.3 Å². The molecule has 9 heteroatoms. The van der Waals surface area contributed by atoms with Gasteiger partial charge in [0.05, 0.1) is 10.9 Å². The van der Waals surface area contributed by atoms with Crippen molar-refractivity contribution >= 4 is 44.4 Å². The van der Waals surface area contributed by atoms with E-state index in [4.69, 9.17) is 8.83 Å². The molecule has 5 aromatic rings. The Morgan fingerprint density at radius 2 is 1.63 bits per heavy atom. The number of para-hydroxylation sites is 2. The van der Waals surface area contributed by atoms with E-state index < -0.39 is 22.7 Å². The van der Waals surface area contributed by atoms with Crippen LogP contribution in [0.5, 0.6) is 5.88 Å². The first-order valence-electron chi connectivity index (χ1n) is 8.78. The molecule has 0 atom stereocenters. The van der Waals surface area contributed by atoms with Crippen LogP contribution in [0.2, 0.25) is 0 Å². The van der Waals surface area contributed by atoms with E-state index in [2.05, 4.69) is 15.2 Å². The van der Waals surface area contributed by atoms with Crippen molar-refractivity contribution in [2.75, 3.05) is 0 Å². The number of hydrogen-bond acceptors (Lipinski definition) is 7. The Kier molecular flexibility index (Phi) is 3.82. The average molecular weight is 401 g/mol. The highest BCUT2D eigenvalue weighted by molar-refractivity contribution is 6.03. The highest BCUT2D eigenvalue weighted by atomic mass is 16.4. The van der Waals surface area contributed by atoms with Gasteiger partial charge in [-0.3, -0.25) is 4.79 Å². The zero-order chi connectivity index (χ0) is 20.8. The third-order valence-electron chi connectivity index (χ3n) is 4.63. The number of carbonyl (C=O) groups is 1. The minimum absolute atomic E-state index is 0.0228. The van der Waals surface area contributed by atoms with E-state index in [1.807, 2.05) is 0 Å². The zero-order valence-electron chi connectivity index (χ0n) is 15.1. The standard InChI is InChI=1S/C21H11N3O6/c25-18(24-23-16-10-5-1-3-7-14(10)22-19(16)26)13-9-12-17(30-21(13)28)11-6-2-4-8-15(11)29-20(12)27/h1-9,22,26H. The molecule has 2 N–H and O–H groups in total. The number of carbonyl (C=O) groups excluding carboxylic acids is 1. The summed E-state index contributed by atoms with van der Waals surface area (Å²) in [4.78, 5) is 39.9. The van der Waals surface area contributed by atoms with E-state index in [0.717, 1.165) is 6.07 Å². The Bertz CT molecular complexity index is 1620. The number of fused-ring (bicyclic) bond motifs is 4. The molecule has 0 spiro atoms. The van der Waals surface area contributed by atoms with Gasteiger partial charge in [-0.2, -0.15) is 0 Å². The number of H-pyrrole nitrogens is 1. The highest BCUT2D eigenvalue weighted by Crippen LogP contribution is 2.35.